The molecule has 0 radical (unpaired) electrons. The second-order valence-corrected chi connectivity index (χ2v) is 4.65. The van der Waals surface area contributed by atoms with Gasteiger partial charge in [0.25, 0.3) is 0 Å². The van der Waals surface area contributed by atoms with Crippen LogP contribution < -0.4 is 10.2 Å². The van der Waals surface area contributed by atoms with Crippen molar-refractivity contribution < 1.29 is 4.39 Å². The van der Waals surface area contributed by atoms with Gasteiger partial charge in [-0.05, 0) is 37.6 Å². The van der Waals surface area contributed by atoms with Crippen LogP contribution >= 0.6 is 0 Å². The number of hydrogen-bond donors (Lipinski definition) is 1. The molecule has 96 valence electrons. The van der Waals surface area contributed by atoms with Crippen LogP contribution in [0.25, 0.3) is 0 Å². The Bertz CT molecular complexity index is 447. The van der Waals surface area contributed by atoms with Gasteiger partial charge in [-0.2, -0.15) is 5.26 Å². The van der Waals surface area contributed by atoms with E-state index in [1.54, 1.807) is 6.07 Å². The monoisotopic (exact) mass is 247 g/mol. The molecule has 0 aliphatic carbocycles. The van der Waals surface area contributed by atoms with Crippen LogP contribution in [-0.2, 0) is 0 Å². The van der Waals surface area contributed by atoms with Crippen LogP contribution in [-0.4, -0.2) is 25.7 Å². The lowest BCUT2D eigenvalue weighted by Crippen LogP contribution is -2.37. The number of halogens is 1. The van der Waals surface area contributed by atoms with Crippen molar-refractivity contribution in [3.63, 3.8) is 0 Å². The maximum atomic E-state index is 13.5. The summed E-state index contributed by atoms with van der Waals surface area (Å²) < 4.78 is 13.5. The highest BCUT2D eigenvalue weighted by Crippen LogP contribution is 2.23. The molecule has 1 aliphatic rings. The van der Waals surface area contributed by atoms with Crippen molar-refractivity contribution in [2.24, 2.45) is 0 Å². The molecule has 0 saturated carbocycles. The van der Waals surface area contributed by atoms with E-state index in [4.69, 9.17) is 5.26 Å². The summed E-state index contributed by atoms with van der Waals surface area (Å²) in [5.74, 6) is -0.337. The molecule has 18 heavy (non-hydrogen) atoms. The number of hydrogen-bond acceptors (Lipinski definition) is 3. The van der Waals surface area contributed by atoms with Crippen molar-refractivity contribution in [1.82, 2.24) is 5.32 Å². The minimum Gasteiger partial charge on any atom is -0.367 e. The van der Waals surface area contributed by atoms with Gasteiger partial charge in [0, 0.05) is 24.8 Å². The lowest BCUT2D eigenvalue weighted by Gasteiger charge is -2.30. The van der Waals surface area contributed by atoms with E-state index in [1.165, 1.54) is 12.1 Å². The molecule has 4 heteroatoms. The van der Waals surface area contributed by atoms with Crippen LogP contribution in [0.2, 0.25) is 0 Å². The Morgan fingerprint density at radius 2 is 2.33 bits per heavy atom. The Hall–Kier alpha value is -1.60. The molecular weight excluding hydrogens is 229 g/mol. The SMILES string of the molecule is CCCN(c1cc(F)cc(C#N)c1)C1CCNC1. The Morgan fingerprint density at radius 1 is 1.50 bits per heavy atom. The van der Waals surface area contributed by atoms with Crippen molar-refractivity contribution in [2.75, 3.05) is 24.5 Å². The third-order valence-electron chi connectivity index (χ3n) is 3.28. The lowest BCUT2D eigenvalue weighted by atomic mass is 10.1. The highest BCUT2D eigenvalue weighted by atomic mass is 19.1. The predicted octanol–water partition coefficient (Wildman–Crippen LogP) is 2.28. The van der Waals surface area contributed by atoms with Crippen LogP contribution in [0.15, 0.2) is 18.2 Å². The molecule has 1 unspecified atom stereocenters. The van der Waals surface area contributed by atoms with Crippen LogP contribution in [0.1, 0.15) is 25.3 Å². The van der Waals surface area contributed by atoms with Crippen LogP contribution in [0.4, 0.5) is 10.1 Å². The zero-order chi connectivity index (χ0) is 13.0. The Balaban J connectivity index is 2.29. The zero-order valence-corrected chi connectivity index (χ0v) is 10.6. The van der Waals surface area contributed by atoms with Gasteiger partial charge in [0.15, 0.2) is 0 Å². The van der Waals surface area contributed by atoms with Gasteiger partial charge in [-0.15, -0.1) is 0 Å². The van der Waals surface area contributed by atoms with Crippen LogP contribution in [0.5, 0.6) is 0 Å². The second-order valence-electron chi connectivity index (χ2n) is 4.65. The van der Waals surface area contributed by atoms with Gasteiger partial charge in [-0.25, -0.2) is 4.39 Å². The second kappa shape index (κ2) is 5.83. The largest absolute Gasteiger partial charge is 0.367 e. The number of anilines is 1. The summed E-state index contributed by atoms with van der Waals surface area (Å²) in [4.78, 5) is 2.21. The quantitative estimate of drug-likeness (QED) is 0.887. The summed E-state index contributed by atoms with van der Waals surface area (Å²) in [6.07, 6.45) is 2.08. The minimum atomic E-state index is -0.337. The first-order valence-corrected chi connectivity index (χ1v) is 6.42. The molecule has 1 fully saturated rings. The summed E-state index contributed by atoms with van der Waals surface area (Å²) >= 11 is 0. The van der Waals surface area contributed by atoms with Crippen molar-refractivity contribution in [3.8, 4) is 6.07 Å². The summed E-state index contributed by atoms with van der Waals surface area (Å²) in [6, 6.07) is 6.99. The number of nitrogens with one attached hydrogen (secondary N) is 1. The fraction of sp³-hybridized carbons (Fsp3) is 0.500. The first kappa shape index (κ1) is 12.8. The van der Waals surface area contributed by atoms with Crippen molar-refractivity contribution >= 4 is 5.69 Å². The molecule has 3 nitrogen and oxygen atoms in total. The van der Waals surface area contributed by atoms with E-state index in [0.717, 1.165) is 38.2 Å². The van der Waals surface area contributed by atoms with Gasteiger partial charge in [-0.1, -0.05) is 6.92 Å². The molecule has 0 aromatic heterocycles. The molecule has 1 saturated heterocycles. The molecule has 1 aromatic carbocycles. The molecule has 1 atom stereocenters. The molecule has 0 amide bonds. The molecule has 1 aliphatic heterocycles. The molecular formula is C14H18FN3. The fourth-order valence-electron chi connectivity index (χ4n) is 2.47. The Morgan fingerprint density at radius 3 is 2.94 bits per heavy atom. The fourth-order valence-corrected chi connectivity index (χ4v) is 2.47. The standard InChI is InChI=1S/C14H18FN3/c1-2-5-18(13-3-4-17-10-13)14-7-11(9-16)6-12(15)8-14/h6-8,13,17H,2-5,10H2,1H3. The molecule has 2 rings (SSSR count). The summed E-state index contributed by atoms with van der Waals surface area (Å²) in [5, 5.41) is 12.2. The van der Waals surface area contributed by atoms with Crippen molar-refractivity contribution in [3.05, 3.63) is 29.6 Å². The normalized spacial score (nSPS) is 18.6. The highest BCUT2D eigenvalue weighted by Gasteiger charge is 2.22. The number of benzene rings is 1. The zero-order valence-electron chi connectivity index (χ0n) is 10.6. The number of nitriles is 1. The minimum absolute atomic E-state index is 0.337. The Kier molecular flexibility index (Phi) is 4.16. The highest BCUT2D eigenvalue weighted by molar-refractivity contribution is 5.53. The van der Waals surface area contributed by atoms with E-state index in [2.05, 4.69) is 17.1 Å². The average molecular weight is 247 g/mol. The summed E-state index contributed by atoms with van der Waals surface area (Å²) in [6.45, 7) is 4.93. The maximum Gasteiger partial charge on any atom is 0.126 e. The van der Waals surface area contributed by atoms with Crippen LogP contribution in [0, 0.1) is 17.1 Å². The maximum absolute atomic E-state index is 13.5. The van der Waals surface area contributed by atoms with Crippen molar-refractivity contribution in [2.45, 2.75) is 25.8 Å². The van der Waals surface area contributed by atoms with Gasteiger partial charge in [0.1, 0.15) is 5.82 Å². The van der Waals surface area contributed by atoms with Gasteiger partial charge >= 0.3 is 0 Å². The molecule has 1 N–H and O–H groups in total. The van der Waals surface area contributed by atoms with Crippen LogP contribution in [0.3, 0.4) is 0 Å². The smallest absolute Gasteiger partial charge is 0.126 e. The van der Waals surface area contributed by atoms with E-state index >= 15 is 0 Å². The molecule has 1 aromatic rings. The lowest BCUT2D eigenvalue weighted by molar-refractivity contribution is 0.608. The number of nitrogens with zero attached hydrogens (tertiary/aromatic N) is 2. The third-order valence-corrected chi connectivity index (χ3v) is 3.28. The summed E-state index contributed by atoms with van der Waals surface area (Å²) in [5.41, 5.74) is 1.21. The predicted molar refractivity (Wildman–Crippen MR) is 70.0 cm³/mol. The first-order valence-electron chi connectivity index (χ1n) is 6.42. The van der Waals surface area contributed by atoms with Crippen molar-refractivity contribution in [1.29, 1.82) is 5.26 Å². The van der Waals surface area contributed by atoms with E-state index < -0.39 is 0 Å². The van der Waals surface area contributed by atoms with E-state index in [1.807, 2.05) is 6.07 Å². The van der Waals surface area contributed by atoms with E-state index in [9.17, 15) is 4.39 Å². The van der Waals surface area contributed by atoms with Gasteiger partial charge < -0.3 is 10.2 Å². The van der Waals surface area contributed by atoms with E-state index in [-0.39, 0.29) is 5.82 Å². The number of rotatable bonds is 4. The molecule has 0 spiro atoms. The van der Waals surface area contributed by atoms with Gasteiger partial charge in [0.05, 0.1) is 11.6 Å². The van der Waals surface area contributed by atoms with Gasteiger partial charge in [-0.3, -0.25) is 0 Å². The van der Waals surface area contributed by atoms with E-state index in [0.29, 0.717) is 11.6 Å². The Labute approximate surface area is 107 Å². The third kappa shape index (κ3) is 2.80. The topological polar surface area (TPSA) is 39.1 Å². The molecule has 0 bridgehead atoms. The van der Waals surface area contributed by atoms with Gasteiger partial charge in [0.2, 0.25) is 0 Å². The summed E-state index contributed by atoms with van der Waals surface area (Å²) in [7, 11) is 0. The molecule has 1 heterocycles. The first-order chi connectivity index (χ1) is 8.74. The average Bonchev–Trinajstić information content (AvgIpc) is 2.88.